The molecule has 3 aromatic rings. The number of carbonyl (C=O) groups excluding carboxylic acids is 3. The van der Waals surface area contributed by atoms with Gasteiger partial charge in [0.05, 0.1) is 6.26 Å². The van der Waals surface area contributed by atoms with Crippen LogP contribution in [0.3, 0.4) is 0 Å². The molecule has 2 aliphatic heterocycles. The number of phenols is 2. The van der Waals surface area contributed by atoms with E-state index in [0.29, 0.717) is 31.7 Å². The van der Waals surface area contributed by atoms with Crippen molar-refractivity contribution in [3.63, 3.8) is 0 Å². The van der Waals surface area contributed by atoms with E-state index in [1.807, 2.05) is 7.05 Å². The number of carbonyl (C=O) groups is 3. The number of piperidine rings is 1. The highest BCUT2D eigenvalue weighted by Crippen LogP contribution is 2.43. The minimum Gasteiger partial charge on any atom is -0.508 e. The number of halogens is 1. The number of rotatable bonds is 10. The van der Waals surface area contributed by atoms with Crippen molar-refractivity contribution in [1.82, 2.24) is 19.4 Å². The van der Waals surface area contributed by atoms with Gasteiger partial charge >= 0.3 is 0 Å². The molecule has 2 saturated heterocycles. The molecule has 3 atom stereocenters. The van der Waals surface area contributed by atoms with Gasteiger partial charge in [0.2, 0.25) is 15.9 Å². The van der Waals surface area contributed by atoms with E-state index in [0.717, 1.165) is 6.26 Å². The second kappa shape index (κ2) is 14.5. The molecule has 0 aromatic heterocycles. The zero-order valence-electron chi connectivity index (χ0n) is 27.2. The number of Topliss-reactive ketones (excluding diaryl/α,β-unsaturated/α-hetero) is 2. The predicted octanol–water partition coefficient (Wildman–Crippen LogP) is 2.63. The number of benzene rings is 3. The highest BCUT2D eigenvalue weighted by Gasteiger charge is 2.48. The summed E-state index contributed by atoms with van der Waals surface area (Å²) in [5.74, 6) is -4.90. The van der Waals surface area contributed by atoms with E-state index in [-0.39, 0.29) is 53.7 Å². The Labute approximate surface area is 280 Å². The topological polar surface area (TPSA) is 148 Å². The summed E-state index contributed by atoms with van der Waals surface area (Å²) in [6.07, 6.45) is 0.992. The van der Waals surface area contributed by atoms with Crippen LogP contribution in [0, 0.1) is 24.6 Å². The summed E-state index contributed by atoms with van der Waals surface area (Å²) in [6, 6.07) is 15.1. The average molecular weight is 681 g/mol. The van der Waals surface area contributed by atoms with Crippen LogP contribution >= 0.6 is 0 Å². The lowest BCUT2D eigenvalue weighted by Crippen LogP contribution is -2.62. The van der Waals surface area contributed by atoms with E-state index in [1.54, 1.807) is 34.9 Å². The minimum absolute atomic E-state index is 0.0610. The minimum atomic E-state index is -3.74. The first kappa shape index (κ1) is 35.1. The van der Waals surface area contributed by atoms with Crippen molar-refractivity contribution in [1.29, 1.82) is 0 Å². The summed E-state index contributed by atoms with van der Waals surface area (Å²) >= 11 is 0. The standard InChI is InChI=1S/C35H41FN4O7S/c1-22-27(11-6-12-30(22)36)32-28(33(43)23-7-4-9-25(41)17-23)20-40(21-29(32)34(44)24-8-5-10-26(42)18-24)31(19-37-48(3,46)47)35(45)39-15-13-38(2)14-16-39/h4-12,17-18,28-29,31-32,37,41-42H,13-16,19-21H2,1-3H3/t28?,29?,31-,32?/m1/s1. The Balaban J connectivity index is 1.66. The van der Waals surface area contributed by atoms with Crippen molar-refractivity contribution >= 4 is 27.5 Å². The van der Waals surface area contributed by atoms with Crippen LogP contribution in [-0.2, 0) is 14.8 Å². The fourth-order valence-electron chi connectivity index (χ4n) is 6.84. The Morgan fingerprint density at radius 2 is 1.40 bits per heavy atom. The SMILES string of the molecule is Cc1c(F)cccc1C1C(C(=O)c2cccc(O)c2)CN([C@H](CNS(C)(=O)=O)C(=O)N2CCN(C)CC2)CC1C(=O)c1cccc(O)c1. The van der Waals surface area contributed by atoms with Gasteiger partial charge in [0.25, 0.3) is 0 Å². The Morgan fingerprint density at radius 3 is 1.90 bits per heavy atom. The molecule has 48 heavy (non-hydrogen) atoms. The Kier molecular flexibility index (Phi) is 10.6. The largest absolute Gasteiger partial charge is 0.508 e. The molecular formula is C35H41FN4O7S. The first-order chi connectivity index (χ1) is 22.7. The molecule has 2 unspecified atom stereocenters. The molecular weight excluding hydrogens is 639 g/mol. The smallest absolute Gasteiger partial charge is 0.241 e. The lowest BCUT2D eigenvalue weighted by Gasteiger charge is -2.47. The average Bonchev–Trinajstić information content (AvgIpc) is 3.05. The van der Waals surface area contributed by atoms with Crippen LogP contribution in [0.4, 0.5) is 4.39 Å². The normalized spacial score (nSPS) is 21.5. The zero-order valence-corrected chi connectivity index (χ0v) is 28.0. The molecule has 5 rings (SSSR count). The Morgan fingerprint density at radius 1 is 0.875 bits per heavy atom. The first-order valence-electron chi connectivity index (χ1n) is 15.8. The maximum atomic E-state index is 15.1. The number of hydrogen-bond acceptors (Lipinski definition) is 9. The number of amides is 1. The third-order valence-corrected chi connectivity index (χ3v) is 10.1. The third-order valence-electron chi connectivity index (χ3n) is 9.41. The Bertz CT molecular complexity index is 1730. The van der Waals surface area contributed by atoms with E-state index < -0.39 is 51.2 Å². The van der Waals surface area contributed by atoms with Gasteiger partial charge in [0.15, 0.2) is 11.6 Å². The molecule has 1 amide bonds. The van der Waals surface area contributed by atoms with Crippen LogP contribution in [0.25, 0.3) is 0 Å². The molecule has 0 aliphatic carbocycles. The molecule has 0 radical (unpaired) electrons. The number of piperazine rings is 1. The third kappa shape index (κ3) is 7.92. The summed E-state index contributed by atoms with van der Waals surface area (Å²) in [7, 11) is -1.79. The van der Waals surface area contributed by atoms with Crippen LogP contribution in [0.5, 0.6) is 11.5 Å². The number of aromatic hydroxyl groups is 2. The van der Waals surface area contributed by atoms with E-state index in [9.17, 15) is 33.0 Å². The van der Waals surface area contributed by atoms with Gasteiger partial charge in [-0.25, -0.2) is 17.5 Å². The van der Waals surface area contributed by atoms with Crippen LogP contribution in [0.2, 0.25) is 0 Å². The van der Waals surface area contributed by atoms with Gasteiger partial charge in [-0.05, 0) is 55.4 Å². The summed E-state index contributed by atoms with van der Waals surface area (Å²) < 4.78 is 42.2. The van der Waals surface area contributed by atoms with E-state index in [2.05, 4.69) is 9.62 Å². The number of likely N-dealkylation sites (N-methyl/N-ethyl adjacent to an activating group) is 1. The van der Waals surface area contributed by atoms with Gasteiger partial charge in [0.1, 0.15) is 23.4 Å². The number of ketones is 2. The molecule has 3 N–H and O–H groups in total. The lowest BCUT2D eigenvalue weighted by atomic mass is 9.67. The maximum Gasteiger partial charge on any atom is 0.241 e. The maximum absolute atomic E-state index is 15.1. The molecule has 256 valence electrons. The Hall–Kier alpha value is -4.17. The number of likely N-dealkylation sites (tertiary alicyclic amines) is 1. The van der Waals surface area contributed by atoms with Crippen LogP contribution in [0.15, 0.2) is 66.7 Å². The fourth-order valence-corrected chi connectivity index (χ4v) is 7.30. The van der Waals surface area contributed by atoms with Gasteiger partial charge in [-0.3, -0.25) is 19.3 Å². The van der Waals surface area contributed by atoms with Crippen molar-refractivity contribution < 1.29 is 37.4 Å². The van der Waals surface area contributed by atoms with Gasteiger partial charge in [-0.2, -0.15) is 0 Å². The first-order valence-corrected chi connectivity index (χ1v) is 17.7. The van der Waals surface area contributed by atoms with Crippen molar-refractivity contribution in [2.45, 2.75) is 18.9 Å². The van der Waals surface area contributed by atoms with Crippen LogP contribution in [0.1, 0.15) is 37.8 Å². The van der Waals surface area contributed by atoms with Crippen LogP contribution < -0.4 is 4.72 Å². The van der Waals surface area contributed by atoms with Crippen molar-refractivity contribution in [2.75, 3.05) is 59.1 Å². The van der Waals surface area contributed by atoms with Gasteiger partial charge in [0, 0.05) is 74.7 Å². The summed E-state index contributed by atoms with van der Waals surface area (Å²) in [5, 5.41) is 20.5. The molecule has 0 saturated carbocycles. The molecule has 13 heteroatoms. The summed E-state index contributed by atoms with van der Waals surface area (Å²) in [6.45, 7) is 3.24. The highest BCUT2D eigenvalue weighted by molar-refractivity contribution is 7.88. The number of hydrogen-bond donors (Lipinski definition) is 3. The van der Waals surface area contributed by atoms with Gasteiger partial charge in [-0.1, -0.05) is 36.4 Å². The predicted molar refractivity (Wildman–Crippen MR) is 178 cm³/mol. The molecule has 0 spiro atoms. The fraction of sp³-hybridized carbons (Fsp3) is 0.400. The zero-order chi connectivity index (χ0) is 34.7. The van der Waals surface area contributed by atoms with E-state index >= 15 is 4.39 Å². The number of nitrogens with zero attached hydrogens (tertiary/aromatic N) is 3. The molecule has 0 bridgehead atoms. The van der Waals surface area contributed by atoms with Gasteiger partial charge in [-0.15, -0.1) is 0 Å². The molecule has 2 heterocycles. The lowest BCUT2D eigenvalue weighted by molar-refractivity contribution is -0.139. The number of nitrogens with one attached hydrogen (secondary N) is 1. The second-order valence-corrected chi connectivity index (χ2v) is 14.6. The monoisotopic (exact) mass is 680 g/mol. The van der Waals surface area contributed by atoms with Crippen molar-refractivity contribution in [3.8, 4) is 11.5 Å². The molecule has 2 fully saturated rings. The van der Waals surface area contributed by atoms with Crippen LogP contribution in [-0.4, -0.2) is 116 Å². The van der Waals surface area contributed by atoms with Crippen molar-refractivity contribution in [2.24, 2.45) is 11.8 Å². The van der Waals surface area contributed by atoms with Crippen molar-refractivity contribution in [3.05, 3.63) is 94.8 Å². The number of phenolic OH excluding ortho intramolecular Hbond substituents is 2. The van der Waals surface area contributed by atoms with E-state index in [1.165, 1.54) is 48.5 Å². The van der Waals surface area contributed by atoms with Gasteiger partial charge < -0.3 is 20.0 Å². The molecule has 2 aliphatic rings. The highest BCUT2D eigenvalue weighted by atomic mass is 32.2. The number of sulfonamides is 1. The molecule has 11 nitrogen and oxygen atoms in total. The summed E-state index contributed by atoms with van der Waals surface area (Å²) in [5.41, 5.74) is 1.05. The second-order valence-electron chi connectivity index (χ2n) is 12.7. The quantitative estimate of drug-likeness (QED) is 0.275. The molecule has 3 aromatic carbocycles. The van der Waals surface area contributed by atoms with E-state index in [4.69, 9.17) is 0 Å². The summed E-state index contributed by atoms with van der Waals surface area (Å²) in [4.78, 5) is 48.6.